The number of hydrogen-bond donors (Lipinski definition) is 1. The van der Waals surface area contributed by atoms with Crippen molar-refractivity contribution in [2.75, 3.05) is 0 Å². The van der Waals surface area contributed by atoms with Gasteiger partial charge in [-0.15, -0.1) is 0 Å². The van der Waals surface area contributed by atoms with Crippen LogP contribution in [0.15, 0.2) is 46.9 Å². The molecule has 0 aliphatic heterocycles. The number of ether oxygens (including phenoxy) is 1. The molecule has 0 aliphatic rings. The second-order valence-corrected chi connectivity index (χ2v) is 5.05. The molecule has 0 radical (unpaired) electrons. The second-order valence-electron chi connectivity index (χ2n) is 4.14. The van der Waals surface area contributed by atoms with E-state index in [9.17, 15) is 19.7 Å². The molecule has 0 spiro atoms. The molecule has 0 heterocycles. The average Bonchev–Trinajstić information content (AvgIpc) is 2.47. The SMILES string of the molecule is O=C(Oc1cc(Br)ccc1C(=O)O)c1ccc([N+](=O)[O-])cc1. The van der Waals surface area contributed by atoms with Gasteiger partial charge in [-0.1, -0.05) is 15.9 Å². The van der Waals surface area contributed by atoms with E-state index in [2.05, 4.69) is 15.9 Å². The first-order valence-corrected chi connectivity index (χ1v) is 6.67. The van der Waals surface area contributed by atoms with E-state index in [1.165, 1.54) is 30.3 Å². The summed E-state index contributed by atoms with van der Waals surface area (Å²) in [7, 11) is 0. The molecule has 0 amide bonds. The summed E-state index contributed by atoms with van der Waals surface area (Å²) in [6.07, 6.45) is 0. The average molecular weight is 366 g/mol. The number of carbonyl (C=O) groups is 2. The van der Waals surface area contributed by atoms with Gasteiger partial charge >= 0.3 is 11.9 Å². The van der Waals surface area contributed by atoms with Crippen molar-refractivity contribution in [3.63, 3.8) is 0 Å². The molecule has 1 N–H and O–H groups in total. The van der Waals surface area contributed by atoms with Crippen LogP contribution in [0.4, 0.5) is 5.69 Å². The van der Waals surface area contributed by atoms with Gasteiger partial charge in [0, 0.05) is 16.6 Å². The molecule has 2 rings (SSSR count). The molecule has 2 aromatic rings. The van der Waals surface area contributed by atoms with Crippen LogP contribution in [-0.4, -0.2) is 22.0 Å². The minimum Gasteiger partial charge on any atom is -0.478 e. The minimum absolute atomic E-state index is 0.0712. The Bertz CT molecular complexity index is 756. The largest absolute Gasteiger partial charge is 0.478 e. The lowest BCUT2D eigenvalue weighted by Crippen LogP contribution is -2.11. The summed E-state index contributed by atoms with van der Waals surface area (Å²) in [6, 6.07) is 8.95. The standard InChI is InChI=1S/C14H8BrNO6/c15-9-3-6-11(13(17)18)12(7-9)22-14(19)8-1-4-10(5-2-8)16(20)21/h1-7H,(H,17,18). The van der Waals surface area contributed by atoms with Crippen molar-refractivity contribution in [3.8, 4) is 5.75 Å². The molecule has 0 atom stereocenters. The number of carboxylic acid groups (broad SMARTS) is 1. The van der Waals surface area contributed by atoms with Crippen LogP contribution in [0.1, 0.15) is 20.7 Å². The number of nitrogens with zero attached hydrogens (tertiary/aromatic N) is 1. The predicted molar refractivity (Wildman–Crippen MR) is 79.2 cm³/mol. The zero-order valence-corrected chi connectivity index (χ0v) is 12.4. The van der Waals surface area contributed by atoms with Crippen LogP contribution in [0.3, 0.4) is 0 Å². The molecule has 0 unspecified atom stereocenters. The van der Waals surface area contributed by atoms with Crippen LogP contribution in [0.5, 0.6) is 5.75 Å². The molecule has 0 bridgehead atoms. The van der Waals surface area contributed by atoms with Crippen molar-refractivity contribution in [1.82, 2.24) is 0 Å². The monoisotopic (exact) mass is 365 g/mol. The molecular weight excluding hydrogens is 358 g/mol. The van der Waals surface area contributed by atoms with E-state index in [1.807, 2.05) is 0 Å². The normalized spacial score (nSPS) is 10.0. The van der Waals surface area contributed by atoms with E-state index in [0.717, 1.165) is 12.1 Å². The van der Waals surface area contributed by atoms with Crippen LogP contribution < -0.4 is 4.74 Å². The molecule has 0 saturated heterocycles. The Kier molecular flexibility index (Phi) is 4.52. The second kappa shape index (κ2) is 6.35. The van der Waals surface area contributed by atoms with Gasteiger partial charge in [0.15, 0.2) is 0 Å². The maximum absolute atomic E-state index is 12.0. The van der Waals surface area contributed by atoms with E-state index in [4.69, 9.17) is 9.84 Å². The Morgan fingerprint density at radius 3 is 2.32 bits per heavy atom. The Labute approximate surface area is 132 Å². The van der Waals surface area contributed by atoms with Crippen molar-refractivity contribution in [2.24, 2.45) is 0 Å². The third-order valence-electron chi connectivity index (χ3n) is 2.69. The molecule has 0 aromatic heterocycles. The van der Waals surface area contributed by atoms with E-state index in [-0.39, 0.29) is 22.6 Å². The molecule has 112 valence electrons. The van der Waals surface area contributed by atoms with Gasteiger partial charge in [0.2, 0.25) is 0 Å². The first-order chi connectivity index (χ1) is 10.4. The van der Waals surface area contributed by atoms with Gasteiger partial charge in [-0.05, 0) is 30.3 Å². The van der Waals surface area contributed by atoms with Crippen molar-refractivity contribution >= 4 is 33.6 Å². The third kappa shape index (κ3) is 3.47. The Morgan fingerprint density at radius 1 is 1.14 bits per heavy atom. The Balaban J connectivity index is 2.27. The molecule has 8 heteroatoms. The Hall–Kier alpha value is -2.74. The molecule has 7 nitrogen and oxygen atoms in total. The quantitative estimate of drug-likeness (QED) is 0.385. The van der Waals surface area contributed by atoms with Gasteiger partial charge in [0.25, 0.3) is 5.69 Å². The van der Waals surface area contributed by atoms with Crippen LogP contribution in [-0.2, 0) is 0 Å². The highest BCUT2D eigenvalue weighted by Crippen LogP contribution is 2.25. The van der Waals surface area contributed by atoms with Gasteiger partial charge in [0.1, 0.15) is 11.3 Å². The topological polar surface area (TPSA) is 107 Å². The highest BCUT2D eigenvalue weighted by Gasteiger charge is 2.17. The highest BCUT2D eigenvalue weighted by molar-refractivity contribution is 9.10. The maximum atomic E-state index is 12.0. The number of hydrogen-bond acceptors (Lipinski definition) is 5. The van der Waals surface area contributed by atoms with Gasteiger partial charge < -0.3 is 9.84 Å². The number of aromatic carboxylic acids is 1. The first-order valence-electron chi connectivity index (χ1n) is 5.88. The first kappa shape index (κ1) is 15.6. The summed E-state index contributed by atoms with van der Waals surface area (Å²) in [6.45, 7) is 0. The fourth-order valence-corrected chi connectivity index (χ4v) is 1.98. The lowest BCUT2D eigenvalue weighted by atomic mass is 10.2. The van der Waals surface area contributed by atoms with E-state index < -0.39 is 16.9 Å². The lowest BCUT2D eigenvalue weighted by molar-refractivity contribution is -0.384. The summed E-state index contributed by atoms with van der Waals surface area (Å²) in [5, 5.41) is 19.6. The molecule has 2 aromatic carbocycles. The third-order valence-corrected chi connectivity index (χ3v) is 3.18. The van der Waals surface area contributed by atoms with Crippen molar-refractivity contribution in [1.29, 1.82) is 0 Å². The number of non-ortho nitro benzene ring substituents is 1. The Morgan fingerprint density at radius 2 is 1.77 bits per heavy atom. The number of carboxylic acids is 1. The number of rotatable bonds is 4. The van der Waals surface area contributed by atoms with Crippen molar-refractivity contribution in [3.05, 3.63) is 68.2 Å². The molecule has 0 aliphatic carbocycles. The smallest absolute Gasteiger partial charge is 0.343 e. The minimum atomic E-state index is -1.24. The molecule has 0 fully saturated rings. The molecular formula is C14H8BrNO6. The maximum Gasteiger partial charge on any atom is 0.343 e. The number of nitro benzene ring substituents is 1. The summed E-state index contributed by atoms with van der Waals surface area (Å²) < 4.78 is 5.60. The summed E-state index contributed by atoms with van der Waals surface area (Å²) in [5.74, 6) is -2.17. The van der Waals surface area contributed by atoms with Crippen molar-refractivity contribution < 1.29 is 24.4 Å². The zero-order valence-electron chi connectivity index (χ0n) is 10.9. The van der Waals surface area contributed by atoms with E-state index in [0.29, 0.717) is 4.47 Å². The van der Waals surface area contributed by atoms with Gasteiger partial charge in [-0.25, -0.2) is 9.59 Å². The van der Waals surface area contributed by atoms with Gasteiger partial charge in [-0.2, -0.15) is 0 Å². The van der Waals surface area contributed by atoms with E-state index in [1.54, 1.807) is 0 Å². The fourth-order valence-electron chi connectivity index (χ4n) is 1.64. The van der Waals surface area contributed by atoms with Crippen LogP contribution in [0.2, 0.25) is 0 Å². The zero-order chi connectivity index (χ0) is 16.3. The van der Waals surface area contributed by atoms with Gasteiger partial charge in [-0.3, -0.25) is 10.1 Å². The van der Waals surface area contributed by atoms with Crippen LogP contribution >= 0.6 is 15.9 Å². The number of halogens is 1. The predicted octanol–water partition coefficient (Wildman–Crippen LogP) is 3.27. The van der Waals surface area contributed by atoms with Crippen LogP contribution in [0, 0.1) is 10.1 Å². The molecule has 22 heavy (non-hydrogen) atoms. The number of carbonyl (C=O) groups excluding carboxylic acids is 1. The number of esters is 1. The summed E-state index contributed by atoms with van der Waals surface area (Å²) >= 11 is 3.16. The highest BCUT2D eigenvalue weighted by atomic mass is 79.9. The number of benzene rings is 2. The molecule has 0 saturated carbocycles. The van der Waals surface area contributed by atoms with Crippen LogP contribution in [0.25, 0.3) is 0 Å². The van der Waals surface area contributed by atoms with E-state index >= 15 is 0 Å². The lowest BCUT2D eigenvalue weighted by Gasteiger charge is -2.08. The van der Waals surface area contributed by atoms with Gasteiger partial charge in [0.05, 0.1) is 10.5 Å². The summed E-state index contributed by atoms with van der Waals surface area (Å²) in [4.78, 5) is 33.0. The number of nitro groups is 1. The van der Waals surface area contributed by atoms with Crippen molar-refractivity contribution in [2.45, 2.75) is 0 Å². The fraction of sp³-hybridized carbons (Fsp3) is 0. The summed E-state index contributed by atoms with van der Waals surface area (Å²) in [5.41, 5.74) is -0.259.